The standard InChI is InChI=1S/C25H30ClN5O/c1-16-6-3-4-12-30(16)13-5-11-27-19-8-10-21-20(15-19)24-28-22-9-7-18(26)14-23(22)31(24)17(2)25(32)29-21/h7-10,14-17,27H,3-6,11-13H2,1-2H3,(H,29,32). The summed E-state index contributed by atoms with van der Waals surface area (Å²) in [6.45, 7) is 7.50. The molecule has 32 heavy (non-hydrogen) atoms. The van der Waals surface area contributed by atoms with Crippen LogP contribution in [0.4, 0.5) is 11.4 Å². The monoisotopic (exact) mass is 451 g/mol. The number of fused-ring (bicyclic) bond motifs is 5. The minimum Gasteiger partial charge on any atom is -0.385 e. The molecule has 1 fully saturated rings. The Kier molecular flexibility index (Phi) is 5.82. The second-order valence-corrected chi connectivity index (χ2v) is 9.46. The molecule has 168 valence electrons. The maximum atomic E-state index is 12.8. The van der Waals surface area contributed by atoms with E-state index in [4.69, 9.17) is 16.6 Å². The average molecular weight is 452 g/mol. The number of hydrogen-bond acceptors (Lipinski definition) is 4. The molecule has 1 saturated heterocycles. The van der Waals surface area contributed by atoms with Crippen molar-refractivity contribution >= 4 is 39.9 Å². The normalized spacial score (nSPS) is 21.0. The van der Waals surface area contributed by atoms with Crippen LogP contribution in [-0.2, 0) is 4.79 Å². The molecule has 2 atom stereocenters. The summed E-state index contributed by atoms with van der Waals surface area (Å²) in [4.78, 5) is 20.3. The van der Waals surface area contributed by atoms with Gasteiger partial charge in [0, 0.05) is 35.4 Å². The molecule has 6 nitrogen and oxygen atoms in total. The van der Waals surface area contributed by atoms with Gasteiger partial charge in [0.2, 0.25) is 5.91 Å². The van der Waals surface area contributed by atoms with Gasteiger partial charge in [-0.3, -0.25) is 4.79 Å². The molecule has 2 N–H and O–H groups in total. The summed E-state index contributed by atoms with van der Waals surface area (Å²) >= 11 is 6.25. The highest BCUT2D eigenvalue weighted by molar-refractivity contribution is 6.31. The van der Waals surface area contributed by atoms with Crippen LogP contribution in [0.2, 0.25) is 5.02 Å². The smallest absolute Gasteiger partial charge is 0.247 e. The summed E-state index contributed by atoms with van der Waals surface area (Å²) in [6.07, 6.45) is 5.09. The quantitative estimate of drug-likeness (QED) is 0.499. The number of likely N-dealkylation sites (tertiary alicyclic amines) is 1. The van der Waals surface area contributed by atoms with Gasteiger partial charge in [0.25, 0.3) is 0 Å². The van der Waals surface area contributed by atoms with Gasteiger partial charge in [-0.05, 0) is 76.1 Å². The highest BCUT2D eigenvalue weighted by Crippen LogP contribution is 2.38. The van der Waals surface area contributed by atoms with Gasteiger partial charge in [-0.15, -0.1) is 0 Å². The number of benzene rings is 2. The van der Waals surface area contributed by atoms with Gasteiger partial charge in [-0.2, -0.15) is 0 Å². The average Bonchev–Trinajstić information content (AvgIpc) is 3.11. The van der Waals surface area contributed by atoms with E-state index in [-0.39, 0.29) is 11.9 Å². The van der Waals surface area contributed by atoms with E-state index in [0.29, 0.717) is 11.1 Å². The van der Waals surface area contributed by atoms with E-state index < -0.39 is 0 Å². The van der Waals surface area contributed by atoms with Crippen LogP contribution < -0.4 is 10.6 Å². The molecule has 0 bridgehead atoms. The molecule has 1 amide bonds. The fourth-order valence-corrected chi connectivity index (χ4v) is 5.12. The maximum Gasteiger partial charge on any atom is 0.247 e. The second kappa shape index (κ2) is 8.75. The van der Waals surface area contributed by atoms with Crippen LogP contribution in [0.1, 0.15) is 45.6 Å². The first-order valence-corrected chi connectivity index (χ1v) is 12.0. The van der Waals surface area contributed by atoms with E-state index in [9.17, 15) is 4.79 Å². The number of carbonyl (C=O) groups is 1. The third kappa shape index (κ3) is 3.97. The number of amides is 1. The van der Waals surface area contributed by atoms with Crippen LogP contribution in [0.5, 0.6) is 0 Å². The number of nitrogens with one attached hydrogen (secondary N) is 2. The largest absolute Gasteiger partial charge is 0.385 e. The molecule has 0 spiro atoms. The highest BCUT2D eigenvalue weighted by Gasteiger charge is 2.28. The molecular weight excluding hydrogens is 422 g/mol. The number of carbonyl (C=O) groups excluding carboxylic acids is 1. The number of halogens is 1. The zero-order valence-electron chi connectivity index (χ0n) is 18.7. The Morgan fingerprint density at radius 3 is 2.91 bits per heavy atom. The highest BCUT2D eigenvalue weighted by atomic mass is 35.5. The van der Waals surface area contributed by atoms with Crippen molar-refractivity contribution in [3.63, 3.8) is 0 Å². The second-order valence-electron chi connectivity index (χ2n) is 9.03. The first kappa shape index (κ1) is 21.3. The van der Waals surface area contributed by atoms with E-state index in [1.807, 2.05) is 41.8 Å². The number of aromatic nitrogens is 2. The Balaban J connectivity index is 1.39. The van der Waals surface area contributed by atoms with Crippen LogP contribution >= 0.6 is 11.6 Å². The zero-order chi connectivity index (χ0) is 22.2. The molecule has 3 aromatic rings. The molecule has 0 radical (unpaired) electrons. The number of piperidine rings is 1. The lowest BCUT2D eigenvalue weighted by atomic mass is 10.0. The molecule has 2 unspecified atom stereocenters. The van der Waals surface area contributed by atoms with E-state index in [2.05, 4.69) is 28.5 Å². The Labute approximate surface area is 194 Å². The molecular formula is C25H30ClN5O. The predicted molar refractivity (Wildman–Crippen MR) is 132 cm³/mol. The molecule has 2 aliphatic heterocycles. The number of rotatable bonds is 5. The van der Waals surface area contributed by atoms with Crippen molar-refractivity contribution in [1.29, 1.82) is 0 Å². The van der Waals surface area contributed by atoms with Crippen LogP contribution in [0.15, 0.2) is 36.4 Å². The molecule has 0 saturated carbocycles. The van der Waals surface area contributed by atoms with Crippen molar-refractivity contribution in [2.24, 2.45) is 0 Å². The molecule has 1 aromatic heterocycles. The Hall–Kier alpha value is -2.57. The fraction of sp³-hybridized carbons (Fsp3) is 0.440. The maximum absolute atomic E-state index is 12.8. The summed E-state index contributed by atoms with van der Waals surface area (Å²) in [5.41, 5.74) is 4.46. The summed E-state index contributed by atoms with van der Waals surface area (Å²) in [6, 6.07) is 12.0. The van der Waals surface area contributed by atoms with Gasteiger partial charge in [0.1, 0.15) is 11.9 Å². The van der Waals surface area contributed by atoms with E-state index in [1.165, 1.54) is 25.8 Å². The van der Waals surface area contributed by atoms with E-state index >= 15 is 0 Å². The summed E-state index contributed by atoms with van der Waals surface area (Å²) < 4.78 is 1.99. The minimum atomic E-state index is -0.385. The zero-order valence-corrected chi connectivity index (χ0v) is 19.5. The summed E-state index contributed by atoms with van der Waals surface area (Å²) in [5, 5.41) is 7.26. The molecule has 5 rings (SSSR count). The number of hydrogen-bond donors (Lipinski definition) is 2. The lowest BCUT2D eigenvalue weighted by Crippen LogP contribution is -2.38. The lowest BCUT2D eigenvalue weighted by Gasteiger charge is -2.33. The van der Waals surface area contributed by atoms with Crippen molar-refractivity contribution in [2.45, 2.75) is 51.6 Å². The van der Waals surface area contributed by atoms with Crippen molar-refractivity contribution in [2.75, 3.05) is 30.3 Å². The molecule has 2 aromatic carbocycles. The number of nitrogens with zero attached hydrogens (tertiary/aromatic N) is 3. The van der Waals surface area contributed by atoms with Crippen LogP contribution in [0.3, 0.4) is 0 Å². The van der Waals surface area contributed by atoms with Gasteiger partial charge < -0.3 is 20.1 Å². The topological polar surface area (TPSA) is 62.2 Å². The fourth-order valence-electron chi connectivity index (χ4n) is 4.96. The van der Waals surface area contributed by atoms with Crippen LogP contribution in [-0.4, -0.2) is 46.0 Å². The SMILES string of the molecule is CC1CCCCN1CCCNc1ccc2c(c1)-c1nc3ccc(Cl)cc3n1C(C)C(=O)N2. The van der Waals surface area contributed by atoms with Crippen molar-refractivity contribution in [3.05, 3.63) is 41.4 Å². The molecule has 2 aliphatic rings. The molecule has 3 heterocycles. The van der Waals surface area contributed by atoms with Crippen molar-refractivity contribution in [3.8, 4) is 11.4 Å². The first-order valence-electron chi connectivity index (χ1n) is 11.6. The van der Waals surface area contributed by atoms with Crippen molar-refractivity contribution in [1.82, 2.24) is 14.5 Å². The Morgan fingerprint density at radius 2 is 2.06 bits per heavy atom. The number of imidazole rings is 1. The first-order chi connectivity index (χ1) is 15.5. The van der Waals surface area contributed by atoms with Crippen LogP contribution in [0.25, 0.3) is 22.4 Å². The van der Waals surface area contributed by atoms with E-state index in [1.54, 1.807) is 0 Å². The van der Waals surface area contributed by atoms with Crippen LogP contribution in [0, 0.1) is 0 Å². The third-order valence-corrected chi connectivity index (χ3v) is 7.06. The third-order valence-electron chi connectivity index (χ3n) is 6.83. The lowest BCUT2D eigenvalue weighted by molar-refractivity contribution is -0.118. The van der Waals surface area contributed by atoms with Gasteiger partial charge in [-0.25, -0.2) is 4.98 Å². The van der Waals surface area contributed by atoms with Gasteiger partial charge >= 0.3 is 0 Å². The van der Waals surface area contributed by atoms with Gasteiger partial charge in [-0.1, -0.05) is 18.0 Å². The summed E-state index contributed by atoms with van der Waals surface area (Å²) in [7, 11) is 0. The Morgan fingerprint density at radius 1 is 1.19 bits per heavy atom. The van der Waals surface area contributed by atoms with Gasteiger partial charge in [0.15, 0.2) is 0 Å². The number of anilines is 2. The van der Waals surface area contributed by atoms with Crippen molar-refractivity contribution < 1.29 is 4.79 Å². The minimum absolute atomic E-state index is 0.0550. The molecule has 0 aliphatic carbocycles. The Bertz CT molecular complexity index is 1160. The molecule has 7 heteroatoms. The predicted octanol–water partition coefficient (Wildman–Crippen LogP) is 5.55. The summed E-state index contributed by atoms with van der Waals surface area (Å²) in [5.74, 6) is 0.731. The van der Waals surface area contributed by atoms with Gasteiger partial charge in [0.05, 0.1) is 16.7 Å². The van der Waals surface area contributed by atoms with E-state index in [0.717, 1.165) is 53.3 Å².